The van der Waals surface area contributed by atoms with Gasteiger partial charge in [0.05, 0.1) is 10.5 Å². The Morgan fingerprint density at radius 1 is 1.43 bits per heavy atom. The van der Waals surface area contributed by atoms with E-state index in [1.54, 1.807) is 0 Å². The van der Waals surface area contributed by atoms with Gasteiger partial charge in [-0.3, -0.25) is 14.9 Å². The number of phenolic OH excluding ortho intramolecular Hbond substituents is 1. The smallest absolute Gasteiger partial charge is 0.311 e. The summed E-state index contributed by atoms with van der Waals surface area (Å²) in [4.78, 5) is 19.7. The first-order valence-corrected chi connectivity index (χ1v) is 4.08. The summed E-state index contributed by atoms with van der Waals surface area (Å²) in [5, 5.41) is 19.3. The number of aldehydes is 1. The zero-order valence-electron chi connectivity index (χ0n) is 7.93. The number of nitro groups is 1. The maximum Gasteiger partial charge on any atom is 0.311 e. The molecule has 0 aliphatic heterocycles. The van der Waals surface area contributed by atoms with Crippen molar-refractivity contribution in [1.82, 2.24) is 0 Å². The number of hydrogen-bond acceptors (Lipinski definition) is 4. The van der Waals surface area contributed by atoms with Crippen LogP contribution in [0, 0.1) is 10.1 Å². The van der Waals surface area contributed by atoms with Gasteiger partial charge < -0.3 is 5.11 Å². The standard InChI is InChI=1S/C7H5NO4.C2H6/c9-4-5-2-1-3-6(7(5)10)8(11)12;1-2/h1-4,10H;1-2H3. The van der Waals surface area contributed by atoms with E-state index in [4.69, 9.17) is 5.11 Å². The van der Waals surface area contributed by atoms with Crippen LogP contribution in [0.4, 0.5) is 5.69 Å². The van der Waals surface area contributed by atoms with E-state index in [2.05, 4.69) is 0 Å². The molecule has 76 valence electrons. The van der Waals surface area contributed by atoms with Gasteiger partial charge in [0.1, 0.15) is 0 Å². The Bertz CT molecular complexity index is 336. The maximum absolute atomic E-state index is 10.2. The van der Waals surface area contributed by atoms with Crippen LogP contribution in [-0.4, -0.2) is 16.3 Å². The maximum atomic E-state index is 10.2. The largest absolute Gasteiger partial charge is 0.502 e. The second kappa shape index (κ2) is 5.69. The molecule has 5 nitrogen and oxygen atoms in total. The Morgan fingerprint density at radius 2 is 2.00 bits per heavy atom. The monoisotopic (exact) mass is 197 g/mol. The lowest BCUT2D eigenvalue weighted by Crippen LogP contribution is -1.90. The molecule has 0 fully saturated rings. The molecule has 1 N–H and O–H groups in total. The second-order valence-electron chi connectivity index (χ2n) is 2.09. The third kappa shape index (κ3) is 2.55. The minimum atomic E-state index is -0.748. The van der Waals surface area contributed by atoms with Gasteiger partial charge in [-0.15, -0.1) is 0 Å². The normalized spacial score (nSPS) is 8.43. The van der Waals surface area contributed by atoms with E-state index in [-0.39, 0.29) is 5.56 Å². The number of carbonyl (C=O) groups excluding carboxylic acids is 1. The summed E-state index contributed by atoms with van der Waals surface area (Å²) in [6, 6.07) is 3.76. The van der Waals surface area contributed by atoms with Crippen molar-refractivity contribution in [2.24, 2.45) is 0 Å². The number of aromatic hydroxyl groups is 1. The number of nitro benzene ring substituents is 1. The highest BCUT2D eigenvalue weighted by Crippen LogP contribution is 2.27. The quantitative estimate of drug-likeness (QED) is 0.447. The highest BCUT2D eigenvalue weighted by Gasteiger charge is 2.15. The average Bonchev–Trinajstić information content (AvgIpc) is 2.21. The van der Waals surface area contributed by atoms with Crippen LogP contribution in [0.2, 0.25) is 0 Å². The van der Waals surface area contributed by atoms with Crippen LogP contribution >= 0.6 is 0 Å². The first-order chi connectivity index (χ1) is 6.66. The minimum absolute atomic E-state index is 0.0794. The summed E-state index contributed by atoms with van der Waals surface area (Å²) in [5.74, 6) is -0.586. The van der Waals surface area contributed by atoms with Gasteiger partial charge in [-0.1, -0.05) is 19.9 Å². The van der Waals surface area contributed by atoms with Gasteiger partial charge in [0.2, 0.25) is 5.75 Å². The fraction of sp³-hybridized carbons (Fsp3) is 0.222. The SMILES string of the molecule is CC.O=Cc1cccc([N+](=O)[O-])c1O. The van der Waals surface area contributed by atoms with Crippen molar-refractivity contribution in [2.75, 3.05) is 0 Å². The van der Waals surface area contributed by atoms with Gasteiger partial charge in [-0.2, -0.15) is 0 Å². The molecular weight excluding hydrogens is 186 g/mol. The summed E-state index contributed by atoms with van der Waals surface area (Å²) in [5.41, 5.74) is -0.538. The van der Waals surface area contributed by atoms with Crippen molar-refractivity contribution in [2.45, 2.75) is 13.8 Å². The Kier molecular flexibility index (Phi) is 4.91. The van der Waals surface area contributed by atoms with Crippen molar-refractivity contribution in [1.29, 1.82) is 0 Å². The van der Waals surface area contributed by atoms with E-state index in [1.807, 2.05) is 13.8 Å². The Balaban J connectivity index is 0.000000791. The highest BCUT2D eigenvalue weighted by atomic mass is 16.6. The molecule has 1 aromatic rings. The van der Waals surface area contributed by atoms with Crippen LogP contribution in [0.3, 0.4) is 0 Å². The minimum Gasteiger partial charge on any atom is -0.502 e. The lowest BCUT2D eigenvalue weighted by atomic mass is 10.2. The van der Waals surface area contributed by atoms with Crippen LogP contribution in [0.5, 0.6) is 5.75 Å². The third-order valence-corrected chi connectivity index (χ3v) is 1.37. The molecule has 0 heterocycles. The molecule has 0 bridgehead atoms. The molecule has 0 saturated carbocycles. The predicted molar refractivity (Wildman–Crippen MR) is 51.5 cm³/mol. The van der Waals surface area contributed by atoms with Crippen molar-refractivity contribution in [3.63, 3.8) is 0 Å². The molecule has 0 aliphatic carbocycles. The zero-order valence-corrected chi connectivity index (χ0v) is 7.93. The molecule has 0 saturated heterocycles. The van der Waals surface area contributed by atoms with E-state index >= 15 is 0 Å². The van der Waals surface area contributed by atoms with Crippen molar-refractivity contribution >= 4 is 12.0 Å². The second-order valence-corrected chi connectivity index (χ2v) is 2.09. The summed E-state index contributed by atoms with van der Waals surface area (Å²) >= 11 is 0. The summed E-state index contributed by atoms with van der Waals surface area (Å²) in [6.07, 6.45) is 0.363. The topological polar surface area (TPSA) is 80.4 Å². The lowest BCUT2D eigenvalue weighted by Gasteiger charge is -1.96. The molecule has 5 heteroatoms. The van der Waals surface area contributed by atoms with Gasteiger partial charge in [0, 0.05) is 6.07 Å². The number of rotatable bonds is 2. The van der Waals surface area contributed by atoms with Crippen molar-refractivity contribution in [3.8, 4) is 5.75 Å². The molecular formula is C9H11NO4. The summed E-state index contributed by atoms with van der Waals surface area (Å²) in [6.45, 7) is 4.00. The highest BCUT2D eigenvalue weighted by molar-refractivity contribution is 5.81. The van der Waals surface area contributed by atoms with Crippen LogP contribution in [0.1, 0.15) is 24.2 Å². The molecule has 0 aliphatic rings. The first kappa shape index (κ1) is 12.1. The van der Waals surface area contributed by atoms with E-state index in [0.717, 1.165) is 6.07 Å². The summed E-state index contributed by atoms with van der Waals surface area (Å²) in [7, 11) is 0. The predicted octanol–water partition coefficient (Wildman–Crippen LogP) is 2.14. The first-order valence-electron chi connectivity index (χ1n) is 4.08. The van der Waals surface area contributed by atoms with Crippen LogP contribution in [0.25, 0.3) is 0 Å². The van der Waals surface area contributed by atoms with Crippen molar-refractivity contribution in [3.05, 3.63) is 33.9 Å². The molecule has 0 atom stereocenters. The molecule has 0 unspecified atom stereocenters. The van der Waals surface area contributed by atoms with Gasteiger partial charge in [0.25, 0.3) is 0 Å². The van der Waals surface area contributed by atoms with Gasteiger partial charge in [-0.25, -0.2) is 0 Å². The molecule has 1 rings (SSSR count). The van der Waals surface area contributed by atoms with Gasteiger partial charge in [-0.05, 0) is 6.07 Å². The molecule has 0 amide bonds. The van der Waals surface area contributed by atoms with E-state index in [9.17, 15) is 14.9 Å². The van der Waals surface area contributed by atoms with E-state index in [0.29, 0.717) is 6.29 Å². The number of nitrogens with zero attached hydrogens (tertiary/aromatic N) is 1. The molecule has 1 aromatic carbocycles. The third-order valence-electron chi connectivity index (χ3n) is 1.37. The molecule has 0 spiro atoms. The zero-order chi connectivity index (χ0) is 11.1. The number of benzene rings is 1. The van der Waals surface area contributed by atoms with Crippen LogP contribution < -0.4 is 0 Å². The molecule has 0 aromatic heterocycles. The van der Waals surface area contributed by atoms with Gasteiger partial charge in [0.15, 0.2) is 6.29 Å². The Hall–Kier alpha value is -1.91. The van der Waals surface area contributed by atoms with E-state index < -0.39 is 16.4 Å². The lowest BCUT2D eigenvalue weighted by molar-refractivity contribution is -0.385. The summed E-state index contributed by atoms with van der Waals surface area (Å²) < 4.78 is 0. The van der Waals surface area contributed by atoms with Crippen LogP contribution in [0.15, 0.2) is 18.2 Å². The molecule has 0 radical (unpaired) electrons. The fourth-order valence-corrected chi connectivity index (χ4v) is 0.791. The number of carbonyl (C=O) groups is 1. The Morgan fingerprint density at radius 3 is 2.43 bits per heavy atom. The van der Waals surface area contributed by atoms with E-state index in [1.165, 1.54) is 12.1 Å². The van der Waals surface area contributed by atoms with Crippen molar-refractivity contribution < 1.29 is 14.8 Å². The number of hydrogen-bond donors (Lipinski definition) is 1. The fourth-order valence-electron chi connectivity index (χ4n) is 0.791. The van der Waals surface area contributed by atoms with Gasteiger partial charge >= 0.3 is 5.69 Å². The average molecular weight is 197 g/mol. The molecule has 14 heavy (non-hydrogen) atoms. The number of phenols is 1. The number of para-hydroxylation sites is 1. The van der Waals surface area contributed by atoms with Crippen LogP contribution in [-0.2, 0) is 0 Å². The Labute approximate surface area is 81.1 Å².